The molecule has 2 atom stereocenters. The van der Waals surface area contributed by atoms with E-state index in [0.29, 0.717) is 17.6 Å². The van der Waals surface area contributed by atoms with Crippen molar-refractivity contribution < 1.29 is 9.21 Å². The molecule has 0 radical (unpaired) electrons. The summed E-state index contributed by atoms with van der Waals surface area (Å²) in [4.78, 5) is 17.4. The number of carbonyl (C=O) groups is 1. The predicted molar refractivity (Wildman–Crippen MR) is 104 cm³/mol. The van der Waals surface area contributed by atoms with Crippen molar-refractivity contribution in [1.29, 1.82) is 0 Å². The van der Waals surface area contributed by atoms with Gasteiger partial charge in [-0.15, -0.1) is 11.8 Å². The first kappa shape index (κ1) is 16.9. The van der Waals surface area contributed by atoms with Gasteiger partial charge in [0.1, 0.15) is 5.76 Å². The highest BCUT2D eigenvalue weighted by molar-refractivity contribution is 9.10. The summed E-state index contributed by atoms with van der Waals surface area (Å²) < 4.78 is 6.96. The molecule has 1 amide bonds. The van der Waals surface area contributed by atoms with Crippen LogP contribution in [0.25, 0.3) is 0 Å². The van der Waals surface area contributed by atoms with Crippen LogP contribution in [-0.2, 0) is 13.0 Å². The van der Waals surface area contributed by atoms with Crippen LogP contribution in [0.3, 0.4) is 0 Å². The molecule has 4 rings (SSSR count). The molecule has 25 heavy (non-hydrogen) atoms. The molecule has 2 aliphatic rings. The van der Waals surface area contributed by atoms with E-state index in [-0.39, 0.29) is 11.9 Å². The molecule has 1 N–H and O–H groups in total. The molecule has 1 aromatic heterocycles. The minimum atomic E-state index is -0.158. The van der Waals surface area contributed by atoms with Crippen LogP contribution in [0, 0.1) is 6.92 Å². The van der Waals surface area contributed by atoms with Gasteiger partial charge in [-0.1, -0.05) is 28.1 Å². The van der Waals surface area contributed by atoms with Crippen LogP contribution in [0.15, 0.2) is 38.1 Å². The van der Waals surface area contributed by atoms with Crippen LogP contribution in [-0.4, -0.2) is 16.2 Å². The lowest BCUT2D eigenvalue weighted by Crippen LogP contribution is -2.23. The van der Waals surface area contributed by atoms with Gasteiger partial charge in [0.2, 0.25) is 0 Å². The van der Waals surface area contributed by atoms with Crippen LogP contribution in [0.2, 0.25) is 0 Å². The smallest absolute Gasteiger partial charge is 0.287 e. The Labute approximate surface area is 159 Å². The highest BCUT2D eigenvalue weighted by Crippen LogP contribution is 2.47. The molecule has 0 bridgehead atoms. The fourth-order valence-corrected chi connectivity index (χ4v) is 5.24. The van der Waals surface area contributed by atoms with Crippen molar-refractivity contribution >= 4 is 38.6 Å². The normalized spacial score (nSPS) is 21.5. The highest BCUT2D eigenvalue weighted by Gasteiger charge is 2.39. The number of benzene rings is 1. The van der Waals surface area contributed by atoms with Gasteiger partial charge in [0.25, 0.3) is 5.91 Å². The van der Waals surface area contributed by atoms with E-state index in [1.807, 2.05) is 43.0 Å². The van der Waals surface area contributed by atoms with Gasteiger partial charge in [0.15, 0.2) is 5.76 Å². The molecule has 1 aromatic carbocycles. The lowest BCUT2D eigenvalue weighted by Gasteiger charge is -2.22. The monoisotopic (exact) mass is 418 g/mol. The first-order valence-corrected chi connectivity index (χ1v) is 10.1. The summed E-state index contributed by atoms with van der Waals surface area (Å²) in [5.41, 5.74) is 3.12. The summed E-state index contributed by atoms with van der Waals surface area (Å²) in [5, 5.41) is 4.58. The van der Waals surface area contributed by atoms with E-state index in [2.05, 4.69) is 28.2 Å². The van der Waals surface area contributed by atoms with Crippen molar-refractivity contribution in [2.24, 2.45) is 4.99 Å². The molecule has 2 aromatic rings. The first-order chi connectivity index (χ1) is 12.0. The topological polar surface area (TPSA) is 54.6 Å². The molecule has 0 saturated heterocycles. The zero-order valence-corrected chi connectivity index (χ0v) is 16.5. The number of amides is 1. The molecule has 6 heteroatoms. The van der Waals surface area contributed by atoms with E-state index in [0.717, 1.165) is 44.8 Å². The molecule has 4 nitrogen and oxygen atoms in total. The second kappa shape index (κ2) is 6.65. The number of halogens is 1. The van der Waals surface area contributed by atoms with Gasteiger partial charge in [-0.05, 0) is 38.0 Å². The van der Waals surface area contributed by atoms with E-state index < -0.39 is 0 Å². The Morgan fingerprint density at radius 2 is 2.28 bits per heavy atom. The maximum absolute atomic E-state index is 12.6. The Hall–Kier alpha value is -1.53. The molecule has 1 aliphatic carbocycles. The van der Waals surface area contributed by atoms with E-state index >= 15 is 0 Å². The number of furan rings is 1. The predicted octanol–water partition coefficient (Wildman–Crippen LogP) is 4.80. The van der Waals surface area contributed by atoms with Crippen molar-refractivity contribution in [3.63, 3.8) is 0 Å². The SMILES string of the molecule is CC1=NC2c3c(oc(C(=O)NCc4cccc(Br)c4)c3C)CCC2S1. The molecule has 2 unspecified atom stereocenters. The minimum Gasteiger partial charge on any atom is -0.455 e. The second-order valence-corrected chi connectivity index (χ2v) is 8.84. The molecule has 1 aliphatic heterocycles. The summed E-state index contributed by atoms with van der Waals surface area (Å²) in [6.07, 6.45) is 1.93. The number of hydrogen-bond donors (Lipinski definition) is 1. The third-order valence-corrected chi connectivity index (χ3v) is 6.50. The zero-order chi connectivity index (χ0) is 17.6. The number of aryl methyl sites for hydroxylation is 1. The fourth-order valence-electron chi connectivity index (χ4n) is 3.62. The number of nitrogens with zero attached hydrogens (tertiary/aromatic N) is 1. The summed E-state index contributed by atoms with van der Waals surface area (Å²) in [5.74, 6) is 1.21. The Morgan fingerprint density at radius 3 is 3.08 bits per heavy atom. The van der Waals surface area contributed by atoms with Crippen LogP contribution in [0.1, 0.15) is 52.4 Å². The van der Waals surface area contributed by atoms with Gasteiger partial charge in [-0.25, -0.2) is 0 Å². The second-order valence-electron chi connectivity index (χ2n) is 6.49. The van der Waals surface area contributed by atoms with Crippen LogP contribution >= 0.6 is 27.7 Å². The van der Waals surface area contributed by atoms with E-state index in [4.69, 9.17) is 9.41 Å². The maximum atomic E-state index is 12.6. The summed E-state index contributed by atoms with van der Waals surface area (Å²) >= 11 is 5.30. The number of fused-ring (bicyclic) bond motifs is 3. The van der Waals surface area contributed by atoms with Crippen molar-refractivity contribution in [3.05, 3.63) is 56.9 Å². The molecule has 0 fully saturated rings. The number of aliphatic imine (C=N–C) groups is 1. The Bertz CT molecular complexity index is 874. The standard InChI is InChI=1S/C19H19BrN2O2S/c1-10-16-14(6-7-15-17(16)22-11(2)25-15)24-18(10)19(23)21-9-12-4-3-5-13(20)8-12/h3-5,8,15,17H,6-7,9H2,1-2H3,(H,21,23). The fraction of sp³-hybridized carbons (Fsp3) is 0.368. The third-order valence-electron chi connectivity index (χ3n) is 4.77. The van der Waals surface area contributed by atoms with Gasteiger partial charge in [0.05, 0.1) is 11.1 Å². The molecular formula is C19H19BrN2O2S. The first-order valence-electron chi connectivity index (χ1n) is 8.39. The van der Waals surface area contributed by atoms with Crippen molar-refractivity contribution in [1.82, 2.24) is 5.32 Å². The largest absolute Gasteiger partial charge is 0.455 e. The third kappa shape index (κ3) is 3.17. The van der Waals surface area contributed by atoms with Gasteiger partial charge in [0, 0.05) is 33.8 Å². The van der Waals surface area contributed by atoms with Crippen molar-refractivity contribution in [3.8, 4) is 0 Å². The Morgan fingerprint density at radius 1 is 1.44 bits per heavy atom. The summed E-state index contributed by atoms with van der Waals surface area (Å²) in [7, 11) is 0. The zero-order valence-electron chi connectivity index (χ0n) is 14.1. The number of hydrogen-bond acceptors (Lipinski definition) is 4. The van der Waals surface area contributed by atoms with Gasteiger partial charge >= 0.3 is 0 Å². The minimum absolute atomic E-state index is 0.143. The highest BCUT2D eigenvalue weighted by atomic mass is 79.9. The number of thioether (sulfide) groups is 1. The number of rotatable bonds is 3. The average molecular weight is 419 g/mol. The van der Waals surface area contributed by atoms with Crippen molar-refractivity contribution in [2.75, 3.05) is 0 Å². The molecule has 2 heterocycles. The number of carbonyl (C=O) groups excluding carboxylic acids is 1. The Kier molecular flexibility index (Phi) is 4.50. The Balaban J connectivity index is 1.55. The quantitative estimate of drug-likeness (QED) is 0.778. The lowest BCUT2D eigenvalue weighted by atomic mass is 9.90. The van der Waals surface area contributed by atoms with Crippen LogP contribution in [0.5, 0.6) is 0 Å². The number of nitrogens with one attached hydrogen (secondary N) is 1. The molecule has 130 valence electrons. The maximum Gasteiger partial charge on any atom is 0.287 e. The van der Waals surface area contributed by atoms with E-state index in [1.54, 1.807) is 0 Å². The molecule has 0 spiro atoms. The van der Waals surface area contributed by atoms with Gasteiger partial charge in [-0.2, -0.15) is 0 Å². The van der Waals surface area contributed by atoms with Gasteiger partial charge in [-0.3, -0.25) is 9.79 Å². The van der Waals surface area contributed by atoms with E-state index in [9.17, 15) is 4.79 Å². The molecular weight excluding hydrogens is 400 g/mol. The van der Waals surface area contributed by atoms with Crippen molar-refractivity contribution in [2.45, 2.75) is 44.5 Å². The average Bonchev–Trinajstić information content (AvgIpc) is 3.12. The van der Waals surface area contributed by atoms with Crippen LogP contribution < -0.4 is 5.32 Å². The van der Waals surface area contributed by atoms with E-state index in [1.165, 1.54) is 0 Å². The summed E-state index contributed by atoms with van der Waals surface area (Å²) in [6.45, 7) is 4.51. The van der Waals surface area contributed by atoms with Gasteiger partial charge < -0.3 is 9.73 Å². The lowest BCUT2D eigenvalue weighted by molar-refractivity contribution is 0.0920. The summed E-state index contributed by atoms with van der Waals surface area (Å²) in [6, 6.07) is 8.06. The van der Waals surface area contributed by atoms with Crippen LogP contribution in [0.4, 0.5) is 0 Å². The molecule has 0 saturated carbocycles.